The summed E-state index contributed by atoms with van der Waals surface area (Å²) >= 11 is 0. The summed E-state index contributed by atoms with van der Waals surface area (Å²) in [5, 5.41) is 5.98. The lowest BCUT2D eigenvalue weighted by Gasteiger charge is -2.14. The summed E-state index contributed by atoms with van der Waals surface area (Å²) < 4.78 is 5.94. The van der Waals surface area contributed by atoms with Crippen molar-refractivity contribution in [2.45, 2.75) is 32.7 Å². The second kappa shape index (κ2) is 8.34. The van der Waals surface area contributed by atoms with Crippen molar-refractivity contribution in [1.82, 2.24) is 5.32 Å². The third-order valence-corrected chi connectivity index (χ3v) is 3.45. The molecule has 2 rings (SSSR count). The number of fused-ring (bicyclic) bond motifs is 1. The molecule has 1 N–H and O–H groups in total. The first-order valence-corrected chi connectivity index (χ1v) is 7.64. The Balaban J connectivity index is 2.21. The Morgan fingerprint density at radius 2 is 2.05 bits per heavy atom. The monoisotopic (exact) mass is 281 g/mol. The van der Waals surface area contributed by atoms with Crippen molar-refractivity contribution in [1.29, 1.82) is 0 Å². The van der Waals surface area contributed by atoms with Gasteiger partial charge in [-0.25, -0.2) is 0 Å². The van der Waals surface area contributed by atoms with Crippen LogP contribution in [-0.4, -0.2) is 13.2 Å². The third kappa shape index (κ3) is 4.24. The van der Waals surface area contributed by atoms with Gasteiger partial charge in [0.15, 0.2) is 0 Å². The number of rotatable bonds is 8. The first-order chi connectivity index (χ1) is 10.4. The zero-order valence-electron chi connectivity index (χ0n) is 12.7. The quantitative estimate of drug-likeness (QED) is 0.580. The van der Waals surface area contributed by atoms with Gasteiger partial charge in [0.1, 0.15) is 5.75 Å². The van der Waals surface area contributed by atoms with E-state index in [1.54, 1.807) is 0 Å². The zero-order chi connectivity index (χ0) is 14.9. The van der Waals surface area contributed by atoms with Crippen LogP contribution in [0, 0.1) is 12.3 Å². The van der Waals surface area contributed by atoms with Crippen LogP contribution < -0.4 is 10.1 Å². The van der Waals surface area contributed by atoms with Gasteiger partial charge in [-0.1, -0.05) is 37.3 Å². The van der Waals surface area contributed by atoms with E-state index in [9.17, 15) is 0 Å². The number of nitrogens with one attached hydrogen (secondary N) is 1. The molecule has 0 spiro atoms. The lowest BCUT2D eigenvalue weighted by molar-refractivity contribution is 0.309. The molecule has 0 amide bonds. The van der Waals surface area contributed by atoms with Crippen LogP contribution in [-0.2, 0) is 6.54 Å². The second-order valence-corrected chi connectivity index (χ2v) is 5.10. The van der Waals surface area contributed by atoms with E-state index in [1.165, 1.54) is 16.3 Å². The number of benzene rings is 2. The fraction of sp³-hybridized carbons (Fsp3) is 0.368. The lowest BCUT2D eigenvalue weighted by Crippen LogP contribution is -2.15. The summed E-state index contributed by atoms with van der Waals surface area (Å²) in [6.07, 6.45) is 8.06. The highest BCUT2D eigenvalue weighted by Crippen LogP contribution is 2.28. The zero-order valence-corrected chi connectivity index (χ0v) is 12.7. The molecule has 0 fully saturated rings. The van der Waals surface area contributed by atoms with Crippen LogP contribution in [0.2, 0.25) is 0 Å². The van der Waals surface area contributed by atoms with Crippen LogP contribution in [0.5, 0.6) is 5.75 Å². The molecule has 2 nitrogen and oxygen atoms in total. The van der Waals surface area contributed by atoms with Crippen molar-refractivity contribution in [2.24, 2.45) is 0 Å². The molecule has 0 aromatic heterocycles. The van der Waals surface area contributed by atoms with Crippen LogP contribution in [0.15, 0.2) is 36.4 Å². The van der Waals surface area contributed by atoms with Gasteiger partial charge in [0.05, 0.1) is 6.61 Å². The summed E-state index contributed by atoms with van der Waals surface area (Å²) in [5.41, 5.74) is 1.24. The lowest BCUT2D eigenvalue weighted by atomic mass is 10.0. The smallest absolute Gasteiger partial charge is 0.124 e. The normalized spacial score (nSPS) is 10.5. The standard InChI is InChI=1S/C19H23NO/c1-3-5-8-14-21-19-12-11-16-9-6-7-10-17(16)18(19)15-20-13-4-2/h1,6-7,9-12,20H,4-5,8,13-15H2,2H3. The van der Waals surface area contributed by atoms with Crippen molar-refractivity contribution < 1.29 is 4.74 Å². The van der Waals surface area contributed by atoms with E-state index in [-0.39, 0.29) is 0 Å². The van der Waals surface area contributed by atoms with Gasteiger partial charge in [-0.2, -0.15) is 0 Å². The van der Waals surface area contributed by atoms with Gasteiger partial charge in [0.25, 0.3) is 0 Å². The van der Waals surface area contributed by atoms with Gasteiger partial charge in [-0.15, -0.1) is 12.3 Å². The van der Waals surface area contributed by atoms with Crippen LogP contribution in [0.1, 0.15) is 31.7 Å². The molecule has 0 aliphatic rings. The summed E-state index contributed by atoms with van der Waals surface area (Å²) in [6.45, 7) is 4.69. The van der Waals surface area contributed by atoms with Gasteiger partial charge in [-0.05, 0) is 36.2 Å². The molecular weight excluding hydrogens is 258 g/mol. The molecule has 0 bridgehead atoms. The van der Waals surface area contributed by atoms with Gasteiger partial charge in [0.2, 0.25) is 0 Å². The Hall–Kier alpha value is -1.98. The van der Waals surface area contributed by atoms with Gasteiger partial charge < -0.3 is 10.1 Å². The molecule has 0 atom stereocenters. The topological polar surface area (TPSA) is 21.3 Å². The molecule has 2 aromatic rings. The van der Waals surface area contributed by atoms with E-state index >= 15 is 0 Å². The molecule has 110 valence electrons. The fourth-order valence-electron chi connectivity index (χ4n) is 2.38. The first-order valence-electron chi connectivity index (χ1n) is 7.64. The fourth-order valence-corrected chi connectivity index (χ4v) is 2.38. The highest BCUT2D eigenvalue weighted by Gasteiger charge is 2.08. The first kappa shape index (κ1) is 15.4. The van der Waals surface area contributed by atoms with E-state index in [0.29, 0.717) is 6.61 Å². The highest BCUT2D eigenvalue weighted by molar-refractivity contribution is 5.87. The van der Waals surface area contributed by atoms with E-state index in [4.69, 9.17) is 11.2 Å². The molecule has 0 unspecified atom stereocenters. The predicted octanol–water partition coefficient (Wildman–Crippen LogP) is 4.13. The maximum Gasteiger partial charge on any atom is 0.124 e. The molecule has 0 radical (unpaired) electrons. The van der Waals surface area contributed by atoms with Crippen molar-refractivity contribution in [3.63, 3.8) is 0 Å². The number of hydrogen-bond acceptors (Lipinski definition) is 2. The molecule has 0 aliphatic heterocycles. The molecule has 2 aromatic carbocycles. The summed E-state index contributed by atoms with van der Waals surface area (Å²) in [5.74, 6) is 3.61. The molecule has 0 aliphatic carbocycles. The Labute approximate surface area is 127 Å². The average molecular weight is 281 g/mol. The maximum atomic E-state index is 5.94. The third-order valence-electron chi connectivity index (χ3n) is 3.45. The minimum Gasteiger partial charge on any atom is -0.493 e. The molecule has 2 heteroatoms. The minimum atomic E-state index is 0.670. The minimum absolute atomic E-state index is 0.670. The predicted molar refractivity (Wildman–Crippen MR) is 89.5 cm³/mol. The number of unbranched alkanes of at least 4 members (excludes halogenated alkanes) is 1. The van der Waals surface area contributed by atoms with Gasteiger partial charge >= 0.3 is 0 Å². The van der Waals surface area contributed by atoms with Crippen LogP contribution in [0.4, 0.5) is 0 Å². The summed E-state index contributed by atoms with van der Waals surface area (Å²) in [6, 6.07) is 12.6. The van der Waals surface area contributed by atoms with Crippen LogP contribution >= 0.6 is 0 Å². The Kier molecular flexibility index (Phi) is 6.12. The summed E-state index contributed by atoms with van der Waals surface area (Å²) in [4.78, 5) is 0. The molecule has 0 saturated heterocycles. The number of terminal acetylenes is 1. The highest BCUT2D eigenvalue weighted by atomic mass is 16.5. The van der Waals surface area contributed by atoms with E-state index in [1.807, 2.05) is 0 Å². The van der Waals surface area contributed by atoms with E-state index < -0.39 is 0 Å². The van der Waals surface area contributed by atoms with Crippen LogP contribution in [0.25, 0.3) is 10.8 Å². The summed E-state index contributed by atoms with van der Waals surface area (Å²) in [7, 11) is 0. The second-order valence-electron chi connectivity index (χ2n) is 5.10. The largest absolute Gasteiger partial charge is 0.493 e. The van der Waals surface area contributed by atoms with Crippen LogP contribution in [0.3, 0.4) is 0 Å². The van der Waals surface area contributed by atoms with Gasteiger partial charge in [-0.3, -0.25) is 0 Å². The van der Waals surface area contributed by atoms with E-state index in [2.05, 4.69) is 54.6 Å². The van der Waals surface area contributed by atoms with Crippen molar-refractivity contribution >= 4 is 10.8 Å². The maximum absolute atomic E-state index is 5.94. The SMILES string of the molecule is C#CCCCOc1ccc2ccccc2c1CNCCC. The number of hydrogen-bond donors (Lipinski definition) is 1. The molecule has 21 heavy (non-hydrogen) atoms. The van der Waals surface area contributed by atoms with Crippen molar-refractivity contribution in [2.75, 3.05) is 13.2 Å². The Morgan fingerprint density at radius 1 is 1.19 bits per heavy atom. The molecule has 0 heterocycles. The Morgan fingerprint density at radius 3 is 2.86 bits per heavy atom. The Bertz CT molecular complexity index is 612. The van der Waals surface area contributed by atoms with Crippen molar-refractivity contribution in [3.8, 4) is 18.1 Å². The molecule has 0 saturated carbocycles. The van der Waals surface area contributed by atoms with Gasteiger partial charge in [0, 0.05) is 18.5 Å². The van der Waals surface area contributed by atoms with E-state index in [0.717, 1.165) is 38.1 Å². The number of ether oxygens (including phenoxy) is 1. The average Bonchev–Trinajstić information content (AvgIpc) is 2.53. The molecular formula is C19H23NO. The van der Waals surface area contributed by atoms with Crippen molar-refractivity contribution in [3.05, 3.63) is 42.0 Å².